The van der Waals surface area contributed by atoms with Crippen LogP contribution in [0.15, 0.2) is 48.5 Å². The van der Waals surface area contributed by atoms with Gasteiger partial charge >= 0.3 is 0 Å². The Bertz CT molecular complexity index is 814. The molecule has 3 rings (SSSR count). The molecule has 32 heavy (non-hydrogen) atoms. The molecule has 1 unspecified atom stereocenters. The first kappa shape index (κ1) is 24.6. The average molecular weight is 446 g/mol. The number of aliphatic hydroxyl groups excluding tert-OH is 4. The Morgan fingerprint density at radius 2 is 1.72 bits per heavy atom. The van der Waals surface area contributed by atoms with Crippen LogP contribution in [0.1, 0.15) is 24.8 Å². The summed E-state index contributed by atoms with van der Waals surface area (Å²) in [6.45, 7) is 1.88. The second kappa shape index (κ2) is 12.3. The average Bonchev–Trinajstić information content (AvgIpc) is 2.82. The molecule has 0 radical (unpaired) electrons. The van der Waals surface area contributed by atoms with Crippen LogP contribution in [-0.4, -0.2) is 83.1 Å². The summed E-state index contributed by atoms with van der Waals surface area (Å²) in [5, 5.41) is 39.2. The number of rotatable bonds is 11. The maximum atomic E-state index is 10.0. The normalized spacial score (nSPS) is 23.9. The largest absolute Gasteiger partial charge is 0.497 e. The van der Waals surface area contributed by atoms with E-state index in [1.54, 1.807) is 7.11 Å². The Morgan fingerprint density at radius 3 is 2.44 bits per heavy atom. The smallest absolute Gasteiger partial charge is 0.119 e. The van der Waals surface area contributed by atoms with Crippen molar-refractivity contribution in [3.63, 3.8) is 0 Å². The molecule has 2 aromatic carbocycles. The van der Waals surface area contributed by atoms with Gasteiger partial charge in [-0.25, -0.2) is 0 Å². The fourth-order valence-electron chi connectivity index (χ4n) is 4.12. The van der Waals surface area contributed by atoms with Crippen molar-refractivity contribution in [2.45, 2.75) is 50.2 Å². The molecule has 1 aliphatic heterocycles. The number of piperidine rings is 1. The highest BCUT2D eigenvalue weighted by molar-refractivity contribution is 5.65. The van der Waals surface area contributed by atoms with Gasteiger partial charge in [-0.15, -0.1) is 0 Å². The Kier molecular flexibility index (Phi) is 9.47. The lowest BCUT2D eigenvalue weighted by molar-refractivity contribution is -0.145. The zero-order valence-electron chi connectivity index (χ0n) is 18.6. The van der Waals surface area contributed by atoms with E-state index in [1.165, 1.54) is 0 Å². The van der Waals surface area contributed by atoms with Gasteiger partial charge in [0.1, 0.15) is 18.0 Å². The summed E-state index contributed by atoms with van der Waals surface area (Å²) in [4.78, 5) is 1.85. The highest BCUT2D eigenvalue weighted by Crippen LogP contribution is 2.24. The number of methoxy groups -OCH3 is 1. The number of ether oxygens (including phenoxy) is 2. The number of likely N-dealkylation sites (tertiary alicyclic amines) is 1. The fourth-order valence-corrected chi connectivity index (χ4v) is 4.12. The first-order valence-corrected chi connectivity index (χ1v) is 11.2. The van der Waals surface area contributed by atoms with E-state index >= 15 is 0 Å². The Labute approximate surface area is 189 Å². The molecule has 4 atom stereocenters. The van der Waals surface area contributed by atoms with Gasteiger partial charge in [-0.1, -0.05) is 36.4 Å². The predicted molar refractivity (Wildman–Crippen MR) is 122 cm³/mol. The van der Waals surface area contributed by atoms with E-state index in [4.69, 9.17) is 9.47 Å². The molecule has 2 aromatic rings. The zero-order chi connectivity index (χ0) is 22.9. The highest BCUT2D eigenvalue weighted by Gasteiger charge is 2.40. The topological polar surface area (TPSA) is 103 Å². The van der Waals surface area contributed by atoms with Gasteiger partial charge in [0.15, 0.2) is 0 Å². The van der Waals surface area contributed by atoms with Gasteiger partial charge in [-0.3, -0.25) is 4.90 Å². The van der Waals surface area contributed by atoms with Gasteiger partial charge in [-0.2, -0.15) is 0 Å². The molecule has 0 amide bonds. The lowest BCUT2D eigenvalue weighted by Crippen LogP contribution is -2.62. The molecule has 0 bridgehead atoms. The first-order chi connectivity index (χ1) is 15.5. The second-order valence-corrected chi connectivity index (χ2v) is 8.34. The third kappa shape index (κ3) is 6.51. The van der Waals surface area contributed by atoms with E-state index < -0.39 is 24.4 Å². The van der Waals surface area contributed by atoms with E-state index in [0.717, 1.165) is 41.7 Å². The summed E-state index contributed by atoms with van der Waals surface area (Å²) in [6, 6.07) is 15.8. The van der Waals surface area contributed by atoms with Gasteiger partial charge in [0.05, 0.1) is 32.5 Å². The van der Waals surface area contributed by atoms with Gasteiger partial charge in [0.25, 0.3) is 0 Å². The number of hydrogen-bond acceptors (Lipinski definition) is 7. The van der Waals surface area contributed by atoms with Gasteiger partial charge in [0.2, 0.25) is 0 Å². The van der Waals surface area contributed by atoms with Crippen LogP contribution in [0.3, 0.4) is 0 Å². The first-order valence-electron chi connectivity index (χ1n) is 11.2. The van der Waals surface area contributed by atoms with Crippen molar-refractivity contribution < 1.29 is 29.9 Å². The maximum absolute atomic E-state index is 10.0. The molecule has 4 N–H and O–H groups in total. The summed E-state index contributed by atoms with van der Waals surface area (Å²) in [5.74, 6) is 0.840. The van der Waals surface area contributed by atoms with Crippen molar-refractivity contribution in [2.75, 3.05) is 33.4 Å². The molecule has 0 aliphatic carbocycles. The molecule has 1 saturated heterocycles. The van der Waals surface area contributed by atoms with Crippen LogP contribution in [0, 0.1) is 0 Å². The van der Waals surface area contributed by atoms with Crippen molar-refractivity contribution in [1.82, 2.24) is 4.90 Å². The van der Waals surface area contributed by atoms with Crippen LogP contribution in [-0.2, 0) is 11.3 Å². The fraction of sp³-hybridized carbons (Fsp3) is 0.520. The minimum Gasteiger partial charge on any atom is -0.497 e. The van der Waals surface area contributed by atoms with Crippen molar-refractivity contribution in [1.29, 1.82) is 0 Å². The molecule has 7 nitrogen and oxygen atoms in total. The summed E-state index contributed by atoms with van der Waals surface area (Å²) < 4.78 is 11.1. The van der Waals surface area contributed by atoms with Crippen LogP contribution in [0.25, 0.3) is 11.1 Å². The number of benzene rings is 2. The van der Waals surface area contributed by atoms with Crippen LogP contribution in [0.5, 0.6) is 5.75 Å². The molecule has 0 aromatic heterocycles. The van der Waals surface area contributed by atoms with E-state index in [9.17, 15) is 20.4 Å². The lowest BCUT2D eigenvalue weighted by atomic mass is 9.94. The molecule has 0 spiro atoms. The van der Waals surface area contributed by atoms with E-state index in [0.29, 0.717) is 19.8 Å². The summed E-state index contributed by atoms with van der Waals surface area (Å²) in [5.41, 5.74) is 3.37. The lowest BCUT2D eigenvalue weighted by Gasteiger charge is -2.43. The molecule has 0 saturated carbocycles. The number of hydrogen-bond donors (Lipinski definition) is 4. The molecule has 1 aliphatic rings. The monoisotopic (exact) mass is 445 g/mol. The Balaban J connectivity index is 1.33. The number of nitrogens with zero attached hydrogens (tertiary/aromatic N) is 1. The predicted octanol–water partition coefficient (Wildman–Crippen LogP) is 1.81. The molecule has 7 heteroatoms. The standard InChI is InChI=1S/C25H35NO6/c1-31-21-7-5-6-20(14-21)19-10-8-18(9-11-19)17-32-13-4-2-3-12-26-15-23(28)25(30)24(29)22(26)16-27/h5-11,14,22-25,27-30H,2-4,12-13,15-17H2,1H3/t22-,23+,24?,25-/m1/s1. The Hall–Kier alpha value is -2.00. The van der Waals surface area contributed by atoms with Gasteiger partial charge < -0.3 is 29.9 Å². The summed E-state index contributed by atoms with van der Waals surface area (Å²) in [6.07, 6.45) is -0.619. The van der Waals surface area contributed by atoms with Crippen LogP contribution < -0.4 is 4.74 Å². The van der Waals surface area contributed by atoms with Crippen LogP contribution >= 0.6 is 0 Å². The van der Waals surface area contributed by atoms with Crippen molar-refractivity contribution in [2.24, 2.45) is 0 Å². The van der Waals surface area contributed by atoms with Crippen molar-refractivity contribution in [3.05, 3.63) is 54.1 Å². The minimum absolute atomic E-state index is 0.245. The molecule has 176 valence electrons. The zero-order valence-corrected chi connectivity index (χ0v) is 18.6. The minimum atomic E-state index is -1.21. The van der Waals surface area contributed by atoms with E-state index in [-0.39, 0.29) is 13.2 Å². The van der Waals surface area contributed by atoms with Gasteiger partial charge in [-0.05, 0) is 54.6 Å². The van der Waals surface area contributed by atoms with E-state index in [1.807, 2.05) is 23.1 Å². The third-order valence-electron chi connectivity index (χ3n) is 6.08. The van der Waals surface area contributed by atoms with Crippen molar-refractivity contribution >= 4 is 0 Å². The maximum Gasteiger partial charge on any atom is 0.119 e. The number of aliphatic hydroxyl groups is 4. The quantitative estimate of drug-likeness (QED) is 0.391. The highest BCUT2D eigenvalue weighted by atomic mass is 16.5. The van der Waals surface area contributed by atoms with Crippen LogP contribution in [0.2, 0.25) is 0 Å². The number of unbranched alkanes of at least 4 members (excludes halogenated alkanes) is 2. The molecule has 1 heterocycles. The molecule has 1 fully saturated rings. The Morgan fingerprint density at radius 1 is 0.938 bits per heavy atom. The second-order valence-electron chi connectivity index (χ2n) is 8.34. The molecular weight excluding hydrogens is 410 g/mol. The SMILES string of the molecule is COc1cccc(-c2ccc(COCCCCCN3C[C@H](O)[C@@H](O)C(O)[C@H]3CO)cc2)c1. The van der Waals surface area contributed by atoms with E-state index in [2.05, 4.69) is 30.3 Å². The van der Waals surface area contributed by atoms with Crippen molar-refractivity contribution in [3.8, 4) is 16.9 Å². The number of β-amino-alcohol motifs (C(OH)–C–C–N with tert-alkyl or cyclic N) is 1. The summed E-state index contributed by atoms with van der Waals surface area (Å²) in [7, 11) is 1.67. The summed E-state index contributed by atoms with van der Waals surface area (Å²) >= 11 is 0. The van der Waals surface area contributed by atoms with Crippen LogP contribution in [0.4, 0.5) is 0 Å². The van der Waals surface area contributed by atoms with Gasteiger partial charge in [0, 0.05) is 13.2 Å². The molecular formula is C25H35NO6. The third-order valence-corrected chi connectivity index (χ3v) is 6.08.